The molecule has 0 radical (unpaired) electrons. The number of sulfonamides is 2. The number of cyclic esters (lactones) is 2. The van der Waals surface area contributed by atoms with Crippen molar-refractivity contribution in [2.24, 2.45) is 5.73 Å². The molecule has 9 aromatic rings. The van der Waals surface area contributed by atoms with E-state index < -0.39 is 61.6 Å². The number of carbonyl (C=O) groups is 4. The zero-order valence-corrected chi connectivity index (χ0v) is 61.0. The van der Waals surface area contributed by atoms with E-state index in [-0.39, 0.29) is 47.3 Å². The maximum atomic E-state index is 13.7. The highest BCUT2D eigenvalue weighted by Gasteiger charge is 2.36. The Hall–Kier alpha value is -8.90. The first-order valence-corrected chi connectivity index (χ1v) is 36.8. The van der Waals surface area contributed by atoms with Gasteiger partial charge in [0, 0.05) is 73.8 Å². The standard InChI is InChI=1S/C32H34N4O6S2.C23H26BrN3O4S2.C9H9NO2.C8H11NO/c1-20(2)41-30(37)34-23-13-11-22(12-14-23)29-33-18-27(43-29)25-16-15-24(17-28(25)44(39,40)35-32(3,4)5)36-19-26(42-31(36)38)21-9-7-6-8-10-21;1-14(2)31-22(28)26-17-9-6-15(7-10-17)21-25-13-19(32-21)18-11-8-16(24)12-20(18)33(29,30)27-23(3,4)5;11-9-10-6-8(12-9)7-4-2-1-3-5-7;9-6-8(10)7-4-2-1-3-5-7/h6-18,20,26,35H,19H2,1-5H3,(H,34,37);6-14,27H,1-5H3,(H,26,28);1-5,8H,6H2,(H,10,11);1-5,8,10H,6,9H2. The second-order valence-corrected chi connectivity index (χ2v) is 31.4. The Morgan fingerprint density at radius 1 is 0.626 bits per heavy atom. The number of alkyl carbamates (subject to hydrolysis) is 1. The van der Waals surface area contributed by atoms with Crippen LogP contribution in [0.1, 0.15) is 104 Å². The number of halogens is 1. The van der Waals surface area contributed by atoms with E-state index in [4.69, 9.17) is 24.7 Å². The first-order chi connectivity index (χ1) is 46.8. The van der Waals surface area contributed by atoms with Crippen LogP contribution in [0.5, 0.6) is 0 Å². The SMILES string of the molecule is CC(C)OC(=O)Nc1ccc(-c2ncc(-c3ccc(Br)cc3S(=O)(=O)NC(C)(C)C)s2)cc1.CC(C)OC(=O)Nc1ccc(-c2ncc(-c3ccc(N4CC(c5ccccc5)OC4=O)cc3S(=O)(=O)NC(C)(C)C)s2)cc1.NCC(O)c1ccccc1.O=C1NCC(c2ccccc2)O1. The predicted octanol–water partition coefficient (Wildman–Crippen LogP) is 15.6. The van der Waals surface area contributed by atoms with Crippen molar-refractivity contribution in [1.29, 1.82) is 0 Å². The number of hydrogen-bond donors (Lipinski definition) is 7. The van der Waals surface area contributed by atoms with Gasteiger partial charge in [0.05, 0.1) is 50.9 Å². The molecule has 2 aromatic heterocycles. The zero-order chi connectivity index (χ0) is 71.8. The monoisotopic (exact) mass is 1490 g/mol. The normalized spacial score (nSPS) is 14.8. The second kappa shape index (κ2) is 33.8. The van der Waals surface area contributed by atoms with Gasteiger partial charge in [-0.25, -0.2) is 55.4 Å². The molecule has 27 heteroatoms. The quantitative estimate of drug-likeness (QED) is 0.0417. The Morgan fingerprint density at radius 3 is 1.48 bits per heavy atom. The molecule has 3 unspecified atom stereocenters. The third-order valence-electron chi connectivity index (χ3n) is 13.9. The third-order valence-corrected chi connectivity index (χ3v) is 20.2. The van der Waals surface area contributed by atoms with Crippen molar-refractivity contribution in [2.45, 2.75) is 121 Å². The highest BCUT2D eigenvalue weighted by atomic mass is 79.9. The van der Waals surface area contributed by atoms with Crippen molar-refractivity contribution >= 4 is 100 Å². The van der Waals surface area contributed by atoms with Crippen LogP contribution in [0.15, 0.2) is 203 Å². The fraction of sp³-hybridized carbons (Fsp3) is 0.278. The minimum absolute atomic E-state index is 0.0271. The molecule has 2 aliphatic heterocycles. The van der Waals surface area contributed by atoms with Crippen LogP contribution < -0.4 is 36.0 Å². The molecule has 0 aliphatic carbocycles. The summed E-state index contributed by atoms with van der Waals surface area (Å²) in [5.74, 6) is 0. The van der Waals surface area contributed by atoms with Gasteiger partial charge in [0.15, 0.2) is 0 Å². The van der Waals surface area contributed by atoms with Gasteiger partial charge in [0.1, 0.15) is 22.2 Å². The number of aliphatic hydroxyl groups is 1. The number of thiazole rings is 2. The fourth-order valence-electron chi connectivity index (χ4n) is 9.69. The topological polar surface area (TPSA) is 309 Å². The van der Waals surface area contributed by atoms with E-state index >= 15 is 0 Å². The number of amides is 4. The van der Waals surface area contributed by atoms with Crippen LogP contribution in [-0.2, 0) is 39.0 Å². The molecule has 0 spiro atoms. The van der Waals surface area contributed by atoms with Gasteiger partial charge in [-0.2, -0.15) is 0 Å². The fourth-order valence-corrected chi connectivity index (χ4v) is 15.6. The average Bonchev–Trinajstić information content (AvgIpc) is 1.76. The highest BCUT2D eigenvalue weighted by molar-refractivity contribution is 9.10. The Kier molecular flexibility index (Phi) is 25.9. The number of aliphatic hydroxyl groups excluding tert-OH is 1. The molecule has 2 aliphatic rings. The summed E-state index contributed by atoms with van der Waals surface area (Å²) < 4.78 is 80.6. The van der Waals surface area contributed by atoms with Gasteiger partial charge >= 0.3 is 24.4 Å². The smallest absolute Gasteiger partial charge is 0.415 e. The van der Waals surface area contributed by atoms with Gasteiger partial charge < -0.3 is 35.1 Å². The van der Waals surface area contributed by atoms with Crippen LogP contribution in [0.25, 0.3) is 42.0 Å². The van der Waals surface area contributed by atoms with Gasteiger partial charge in [-0.3, -0.25) is 15.5 Å². The highest BCUT2D eigenvalue weighted by Crippen LogP contribution is 2.41. The van der Waals surface area contributed by atoms with Crippen LogP contribution in [0.3, 0.4) is 0 Å². The molecule has 2 fully saturated rings. The summed E-state index contributed by atoms with van der Waals surface area (Å²) in [5, 5.41) is 18.6. The lowest BCUT2D eigenvalue weighted by Gasteiger charge is -2.22. The van der Waals surface area contributed by atoms with E-state index in [1.807, 2.05) is 121 Å². The molecular weight excluding hydrogens is 1410 g/mol. The van der Waals surface area contributed by atoms with Crippen molar-refractivity contribution in [1.82, 2.24) is 24.7 Å². The summed E-state index contributed by atoms with van der Waals surface area (Å²) in [7, 11) is -7.77. The minimum atomic E-state index is -4.02. The van der Waals surface area contributed by atoms with Crippen molar-refractivity contribution in [3.8, 4) is 42.0 Å². The molecule has 0 saturated carbocycles. The van der Waals surface area contributed by atoms with Crippen LogP contribution in [-0.4, -0.2) is 99.2 Å². The van der Waals surface area contributed by atoms with E-state index in [1.54, 1.807) is 130 Å². The molecule has 8 N–H and O–H groups in total. The lowest BCUT2D eigenvalue weighted by atomic mass is 10.1. The number of nitrogens with one attached hydrogen (secondary N) is 5. The second-order valence-electron chi connectivity index (χ2n) is 25.1. The average molecular weight is 1490 g/mol. The van der Waals surface area contributed by atoms with Gasteiger partial charge in [0.2, 0.25) is 20.0 Å². The minimum Gasteiger partial charge on any atom is -0.447 e. The first-order valence-electron chi connectivity index (χ1n) is 31.4. The van der Waals surface area contributed by atoms with Crippen molar-refractivity contribution in [3.05, 3.63) is 209 Å². The number of rotatable bonds is 17. The summed E-state index contributed by atoms with van der Waals surface area (Å²) in [6.07, 6.45) is -0.159. The van der Waals surface area contributed by atoms with E-state index in [9.17, 15) is 41.1 Å². The molecule has 4 heterocycles. The molecule has 522 valence electrons. The third kappa shape index (κ3) is 22.3. The van der Waals surface area contributed by atoms with Crippen LogP contribution in [0, 0.1) is 0 Å². The molecule has 99 heavy (non-hydrogen) atoms. The Morgan fingerprint density at radius 2 is 1.06 bits per heavy atom. The lowest BCUT2D eigenvalue weighted by Crippen LogP contribution is -2.40. The number of carbonyl (C=O) groups excluding carboxylic acids is 4. The summed E-state index contributed by atoms with van der Waals surface area (Å²) in [4.78, 5) is 59.3. The Balaban J connectivity index is 0.000000196. The maximum absolute atomic E-state index is 13.7. The van der Waals surface area contributed by atoms with E-state index in [0.29, 0.717) is 49.1 Å². The van der Waals surface area contributed by atoms with Gasteiger partial charge in [-0.1, -0.05) is 119 Å². The molecule has 11 rings (SSSR count). The predicted molar refractivity (Wildman–Crippen MR) is 391 cm³/mol. The molecular formula is C72H80BrN9O13S4. The van der Waals surface area contributed by atoms with Gasteiger partial charge in [-0.05, 0) is 159 Å². The molecule has 22 nitrogen and oxygen atoms in total. The van der Waals surface area contributed by atoms with E-state index in [0.717, 1.165) is 37.7 Å². The largest absolute Gasteiger partial charge is 0.447 e. The number of hydrogen-bond acceptors (Lipinski definition) is 18. The van der Waals surface area contributed by atoms with Crippen molar-refractivity contribution in [3.63, 3.8) is 0 Å². The zero-order valence-electron chi connectivity index (χ0n) is 56.2. The van der Waals surface area contributed by atoms with Crippen molar-refractivity contribution < 1.29 is 60.1 Å². The van der Waals surface area contributed by atoms with Gasteiger partial charge in [-0.15, -0.1) is 22.7 Å². The Bertz CT molecular complexity index is 4440. The molecule has 3 atom stereocenters. The van der Waals surface area contributed by atoms with Gasteiger partial charge in [0.25, 0.3) is 0 Å². The summed E-state index contributed by atoms with van der Waals surface area (Å²) in [6.45, 7) is 18.9. The number of benzene rings is 7. The number of aromatic nitrogens is 2. The number of nitrogens with two attached hydrogens (primary N) is 1. The summed E-state index contributed by atoms with van der Waals surface area (Å²) >= 11 is 6.10. The Labute approximate surface area is 594 Å². The van der Waals surface area contributed by atoms with Crippen LogP contribution in [0.4, 0.5) is 36.2 Å². The number of nitrogens with zero attached hydrogens (tertiary/aromatic N) is 3. The number of ether oxygens (including phenoxy) is 4. The molecule has 7 aromatic carbocycles. The number of anilines is 3. The lowest BCUT2D eigenvalue weighted by molar-refractivity contribution is 0.129. The maximum Gasteiger partial charge on any atom is 0.415 e. The molecule has 4 amide bonds. The van der Waals surface area contributed by atoms with Crippen molar-refractivity contribution in [2.75, 3.05) is 35.2 Å². The summed E-state index contributed by atoms with van der Waals surface area (Å²) in [5.41, 5.74) is 10.9. The van der Waals surface area contributed by atoms with E-state index in [1.165, 1.54) is 33.6 Å². The van der Waals surface area contributed by atoms with E-state index in [2.05, 4.69) is 51.3 Å². The molecule has 0 bridgehead atoms. The first kappa shape index (κ1) is 75.9. The van der Waals surface area contributed by atoms with Crippen LogP contribution in [0.2, 0.25) is 0 Å². The molecule has 2 saturated heterocycles. The summed E-state index contributed by atoms with van der Waals surface area (Å²) in [6, 6.07) is 52.9. The van der Waals surface area contributed by atoms with Crippen LogP contribution >= 0.6 is 38.6 Å².